The van der Waals surface area contributed by atoms with E-state index in [0.717, 1.165) is 27.7 Å². The maximum Gasteiger partial charge on any atom is 0.140 e. The van der Waals surface area contributed by atoms with Gasteiger partial charge in [0.2, 0.25) is 0 Å². The number of ether oxygens (including phenoxy) is 1. The SMILES string of the molecule is CCSc1ccccc1Oc1ccc(C#N)cc1C. The second-order valence-electron chi connectivity index (χ2n) is 4.07. The molecule has 0 fully saturated rings. The smallest absolute Gasteiger partial charge is 0.140 e. The summed E-state index contributed by atoms with van der Waals surface area (Å²) in [6.45, 7) is 4.07. The molecule has 0 unspecified atom stereocenters. The highest BCUT2D eigenvalue weighted by Crippen LogP contribution is 2.33. The highest BCUT2D eigenvalue weighted by Gasteiger charge is 2.06. The van der Waals surface area contributed by atoms with E-state index in [1.54, 1.807) is 17.8 Å². The minimum atomic E-state index is 0.654. The van der Waals surface area contributed by atoms with Gasteiger partial charge in [0.1, 0.15) is 11.5 Å². The molecule has 0 saturated carbocycles. The molecule has 0 amide bonds. The molecule has 19 heavy (non-hydrogen) atoms. The van der Waals surface area contributed by atoms with Gasteiger partial charge in [-0.25, -0.2) is 0 Å². The predicted octanol–water partition coefficient (Wildman–Crippen LogP) is 4.77. The van der Waals surface area contributed by atoms with Crippen molar-refractivity contribution < 1.29 is 4.74 Å². The lowest BCUT2D eigenvalue weighted by molar-refractivity contribution is 0.467. The second-order valence-corrected chi connectivity index (χ2v) is 5.38. The molecule has 3 heteroatoms. The summed E-state index contributed by atoms with van der Waals surface area (Å²) in [4.78, 5) is 1.13. The standard InChI is InChI=1S/C16H15NOS/c1-3-19-16-7-5-4-6-15(16)18-14-9-8-13(11-17)10-12(14)2/h4-10H,3H2,1-2H3. The number of nitrogens with zero attached hydrogens (tertiary/aromatic N) is 1. The van der Waals surface area contributed by atoms with Gasteiger partial charge in [-0.15, -0.1) is 11.8 Å². The van der Waals surface area contributed by atoms with Crippen LogP contribution in [-0.4, -0.2) is 5.75 Å². The van der Waals surface area contributed by atoms with Crippen LogP contribution in [0.1, 0.15) is 18.1 Å². The van der Waals surface area contributed by atoms with E-state index >= 15 is 0 Å². The summed E-state index contributed by atoms with van der Waals surface area (Å²) in [6.07, 6.45) is 0. The van der Waals surface area contributed by atoms with Gasteiger partial charge in [-0.3, -0.25) is 0 Å². The normalized spacial score (nSPS) is 9.95. The lowest BCUT2D eigenvalue weighted by Crippen LogP contribution is -1.90. The Kier molecular flexibility index (Phi) is 4.48. The minimum absolute atomic E-state index is 0.654. The third-order valence-electron chi connectivity index (χ3n) is 2.67. The van der Waals surface area contributed by atoms with Crippen molar-refractivity contribution in [1.82, 2.24) is 0 Å². The number of para-hydroxylation sites is 1. The molecule has 0 N–H and O–H groups in total. The van der Waals surface area contributed by atoms with Gasteiger partial charge >= 0.3 is 0 Å². The van der Waals surface area contributed by atoms with E-state index in [0.29, 0.717) is 5.56 Å². The van der Waals surface area contributed by atoms with Crippen molar-refractivity contribution >= 4 is 11.8 Å². The molecule has 0 spiro atoms. The van der Waals surface area contributed by atoms with Crippen LogP contribution in [0.2, 0.25) is 0 Å². The first kappa shape index (κ1) is 13.5. The summed E-state index contributed by atoms with van der Waals surface area (Å²) in [6, 6.07) is 15.6. The Hall–Kier alpha value is -1.92. The van der Waals surface area contributed by atoms with Gasteiger partial charge < -0.3 is 4.74 Å². The quantitative estimate of drug-likeness (QED) is 0.749. The molecule has 0 saturated heterocycles. The van der Waals surface area contributed by atoms with E-state index < -0.39 is 0 Å². The Bertz CT molecular complexity index is 616. The van der Waals surface area contributed by atoms with Crippen LogP contribution < -0.4 is 4.74 Å². The lowest BCUT2D eigenvalue weighted by atomic mass is 10.1. The number of hydrogen-bond acceptors (Lipinski definition) is 3. The number of nitriles is 1. The van der Waals surface area contributed by atoms with Crippen LogP contribution in [-0.2, 0) is 0 Å². The molecule has 2 aromatic carbocycles. The van der Waals surface area contributed by atoms with Crippen LogP contribution in [0.3, 0.4) is 0 Å². The van der Waals surface area contributed by atoms with Crippen molar-refractivity contribution in [3.05, 3.63) is 53.6 Å². The van der Waals surface area contributed by atoms with Crippen LogP contribution in [0.25, 0.3) is 0 Å². The van der Waals surface area contributed by atoms with Crippen molar-refractivity contribution in [2.24, 2.45) is 0 Å². The van der Waals surface area contributed by atoms with Crippen molar-refractivity contribution in [1.29, 1.82) is 5.26 Å². The molecule has 0 aliphatic heterocycles. The molecule has 0 bridgehead atoms. The van der Waals surface area contributed by atoms with Gasteiger partial charge in [-0.1, -0.05) is 19.1 Å². The van der Waals surface area contributed by atoms with E-state index in [1.807, 2.05) is 37.3 Å². The van der Waals surface area contributed by atoms with Crippen LogP contribution in [0.4, 0.5) is 0 Å². The van der Waals surface area contributed by atoms with E-state index in [9.17, 15) is 0 Å². The molecule has 2 aromatic rings. The first-order valence-electron chi connectivity index (χ1n) is 6.15. The summed E-state index contributed by atoms with van der Waals surface area (Å²) < 4.78 is 5.96. The molecular weight excluding hydrogens is 254 g/mol. The van der Waals surface area contributed by atoms with Crippen molar-refractivity contribution in [3.8, 4) is 17.6 Å². The van der Waals surface area contributed by atoms with Crippen molar-refractivity contribution in [2.45, 2.75) is 18.7 Å². The zero-order valence-electron chi connectivity index (χ0n) is 11.0. The molecule has 0 heterocycles. The number of benzene rings is 2. The van der Waals surface area contributed by atoms with Gasteiger partial charge in [0, 0.05) is 0 Å². The fourth-order valence-electron chi connectivity index (χ4n) is 1.76. The van der Waals surface area contributed by atoms with Crippen molar-refractivity contribution in [3.63, 3.8) is 0 Å². The minimum Gasteiger partial charge on any atom is -0.456 e. The molecule has 0 aromatic heterocycles. The maximum atomic E-state index is 8.86. The van der Waals surface area contributed by atoms with Gasteiger partial charge in [-0.05, 0) is 48.6 Å². The fraction of sp³-hybridized carbons (Fsp3) is 0.188. The van der Waals surface area contributed by atoms with Gasteiger partial charge in [-0.2, -0.15) is 5.26 Å². The topological polar surface area (TPSA) is 33.0 Å². The van der Waals surface area contributed by atoms with E-state index in [1.165, 1.54) is 0 Å². The Morgan fingerprint density at radius 1 is 1.16 bits per heavy atom. The Balaban J connectivity index is 2.29. The monoisotopic (exact) mass is 269 g/mol. The summed E-state index contributed by atoms with van der Waals surface area (Å²) >= 11 is 1.76. The highest BCUT2D eigenvalue weighted by molar-refractivity contribution is 7.99. The van der Waals surface area contributed by atoms with Gasteiger partial charge in [0.25, 0.3) is 0 Å². The first-order valence-corrected chi connectivity index (χ1v) is 7.13. The molecule has 0 aliphatic rings. The van der Waals surface area contributed by atoms with E-state index in [4.69, 9.17) is 10.00 Å². The van der Waals surface area contributed by atoms with Crippen LogP contribution in [0.5, 0.6) is 11.5 Å². The summed E-state index contributed by atoms with van der Waals surface area (Å²) in [7, 11) is 0. The molecule has 0 aliphatic carbocycles. The summed E-state index contributed by atoms with van der Waals surface area (Å²) in [5, 5.41) is 8.86. The lowest BCUT2D eigenvalue weighted by Gasteiger charge is -2.12. The van der Waals surface area contributed by atoms with Gasteiger partial charge in [0.15, 0.2) is 0 Å². The molecule has 2 nitrogen and oxygen atoms in total. The number of rotatable bonds is 4. The van der Waals surface area contributed by atoms with Crippen LogP contribution >= 0.6 is 11.8 Å². The Morgan fingerprint density at radius 3 is 2.63 bits per heavy atom. The van der Waals surface area contributed by atoms with E-state index in [-0.39, 0.29) is 0 Å². The largest absolute Gasteiger partial charge is 0.456 e. The molecular formula is C16H15NOS. The predicted molar refractivity (Wildman–Crippen MR) is 78.8 cm³/mol. The highest BCUT2D eigenvalue weighted by atomic mass is 32.2. The third-order valence-corrected chi connectivity index (χ3v) is 3.61. The van der Waals surface area contributed by atoms with E-state index in [2.05, 4.69) is 19.1 Å². The molecule has 2 rings (SSSR count). The zero-order valence-corrected chi connectivity index (χ0v) is 11.8. The zero-order chi connectivity index (χ0) is 13.7. The third kappa shape index (κ3) is 3.30. The maximum absolute atomic E-state index is 8.86. The fourth-order valence-corrected chi connectivity index (χ4v) is 2.50. The number of hydrogen-bond donors (Lipinski definition) is 0. The molecule has 0 atom stereocenters. The number of thioether (sulfide) groups is 1. The summed E-state index contributed by atoms with van der Waals surface area (Å²) in [5.74, 6) is 2.66. The first-order chi connectivity index (χ1) is 9.24. The molecule has 96 valence electrons. The number of aryl methyl sites for hydroxylation is 1. The van der Waals surface area contributed by atoms with Crippen LogP contribution in [0.15, 0.2) is 47.4 Å². The summed E-state index contributed by atoms with van der Waals surface area (Å²) in [5.41, 5.74) is 1.62. The average molecular weight is 269 g/mol. The second kappa shape index (κ2) is 6.31. The molecule has 0 radical (unpaired) electrons. The average Bonchev–Trinajstić information content (AvgIpc) is 2.43. The Labute approximate surface area is 118 Å². The van der Waals surface area contributed by atoms with Crippen molar-refractivity contribution in [2.75, 3.05) is 5.75 Å². The Morgan fingerprint density at radius 2 is 1.95 bits per heavy atom. The van der Waals surface area contributed by atoms with Crippen LogP contribution in [0, 0.1) is 18.3 Å². The van der Waals surface area contributed by atoms with Gasteiger partial charge in [0.05, 0.1) is 16.5 Å².